The summed E-state index contributed by atoms with van der Waals surface area (Å²) in [7, 11) is 0.109. The second-order valence-corrected chi connectivity index (χ2v) is 12.2. The first-order valence-electron chi connectivity index (χ1n) is 6.88. The van der Waals surface area contributed by atoms with Gasteiger partial charge in [-0.2, -0.15) is 0 Å². The fraction of sp³-hybridized carbons (Fsp3) is 0.846. The fourth-order valence-corrected chi connectivity index (χ4v) is 4.74. The van der Waals surface area contributed by atoms with Crippen molar-refractivity contribution in [3.05, 3.63) is 0 Å². The van der Waals surface area contributed by atoms with Crippen molar-refractivity contribution in [3.8, 4) is 0 Å². The minimum Gasteiger partial charge on any atom is -0.467 e. The monoisotopic (exact) mass is 285 g/mol. The molecule has 0 N–H and O–H groups in total. The van der Waals surface area contributed by atoms with E-state index in [0.717, 1.165) is 18.9 Å². The molecule has 19 heavy (non-hydrogen) atoms. The Bertz CT molecular complexity index is 379. The summed E-state index contributed by atoms with van der Waals surface area (Å²) in [5.74, 6) is -0.330. The van der Waals surface area contributed by atoms with Gasteiger partial charge in [-0.15, -0.1) is 0 Å². The lowest BCUT2D eigenvalue weighted by atomic mass is 10.1. The van der Waals surface area contributed by atoms with Crippen molar-refractivity contribution in [1.82, 2.24) is 4.90 Å². The van der Waals surface area contributed by atoms with E-state index in [1.54, 1.807) is 4.90 Å². The van der Waals surface area contributed by atoms with Crippen LogP contribution >= 0.6 is 0 Å². The molecule has 3 atom stereocenters. The van der Waals surface area contributed by atoms with Crippen molar-refractivity contribution in [1.29, 1.82) is 0 Å². The fourth-order valence-electron chi connectivity index (χ4n) is 3.12. The number of fused-ring (bicyclic) bond motifs is 1. The molecule has 0 saturated carbocycles. The predicted molar refractivity (Wildman–Crippen MR) is 73.7 cm³/mol. The number of rotatable bonds is 3. The molecule has 5 nitrogen and oxygen atoms in total. The lowest BCUT2D eigenvalue weighted by Gasteiger charge is -2.38. The summed E-state index contributed by atoms with van der Waals surface area (Å²) in [5, 5.41) is 0. The number of ether oxygens (including phenoxy) is 2. The molecule has 6 heteroatoms. The van der Waals surface area contributed by atoms with Gasteiger partial charge in [0.2, 0.25) is 0 Å². The molecule has 0 radical (unpaired) electrons. The van der Waals surface area contributed by atoms with Crippen LogP contribution in [0, 0.1) is 0 Å². The summed E-state index contributed by atoms with van der Waals surface area (Å²) in [6.45, 7) is 6.83. The normalized spacial score (nSPS) is 30.8. The number of cyclic esters (lactones) is 1. The quantitative estimate of drug-likeness (QED) is 0.589. The Labute approximate surface area is 115 Å². The van der Waals surface area contributed by atoms with Crippen LogP contribution in [0.3, 0.4) is 0 Å². The highest BCUT2D eigenvalue weighted by atomic mass is 28.3. The average Bonchev–Trinajstić information content (AvgIpc) is 2.69. The molecule has 2 rings (SSSR count). The van der Waals surface area contributed by atoms with Crippen molar-refractivity contribution in [2.45, 2.75) is 63.1 Å². The topological polar surface area (TPSA) is 55.8 Å². The van der Waals surface area contributed by atoms with Gasteiger partial charge in [0, 0.05) is 20.5 Å². The number of hydrogen-bond donors (Lipinski definition) is 0. The summed E-state index contributed by atoms with van der Waals surface area (Å²) in [4.78, 5) is 25.4. The zero-order chi connectivity index (χ0) is 14.2. The molecule has 0 aromatic rings. The Hall–Kier alpha value is -1.04. The molecule has 2 unspecified atom stereocenters. The Morgan fingerprint density at radius 2 is 2.11 bits per heavy atom. The Balaban J connectivity index is 2.04. The number of carbonyl (C=O) groups is 2. The predicted octanol–water partition coefficient (Wildman–Crippen LogP) is 2.24. The van der Waals surface area contributed by atoms with E-state index in [4.69, 9.17) is 9.47 Å². The summed E-state index contributed by atoms with van der Waals surface area (Å²) in [5.41, 5.74) is 0. The molecule has 2 aliphatic heterocycles. The number of amides is 1. The minimum atomic E-state index is -1.25. The van der Waals surface area contributed by atoms with E-state index in [1.165, 1.54) is 7.11 Å². The highest BCUT2D eigenvalue weighted by Gasteiger charge is 2.47. The third-order valence-electron chi connectivity index (χ3n) is 3.83. The molecule has 0 aromatic carbocycles. The van der Waals surface area contributed by atoms with E-state index in [-0.39, 0.29) is 24.2 Å². The first kappa shape index (κ1) is 14.4. The Morgan fingerprint density at radius 3 is 2.68 bits per heavy atom. The first-order valence-corrected chi connectivity index (χ1v) is 10.6. The first-order chi connectivity index (χ1) is 8.81. The third-order valence-corrected chi connectivity index (χ3v) is 5.51. The van der Waals surface area contributed by atoms with Crippen molar-refractivity contribution >= 4 is 20.1 Å². The summed E-state index contributed by atoms with van der Waals surface area (Å²) in [6.07, 6.45) is 2.09. The molecular formula is C13H23NO4Si. The molecular weight excluding hydrogens is 262 g/mol. The standard InChI is InChI=1S/C13H23NO4Si/c1-17-12(15)11-6-5-9-7-10(8-19(2,3)4)18-13(16)14(9)11/h9-11H,5-8H2,1-4H3/t9?,10?,11-/m0/s1. The van der Waals surface area contributed by atoms with Crippen LogP contribution < -0.4 is 0 Å². The van der Waals surface area contributed by atoms with Gasteiger partial charge in [0.05, 0.1) is 7.11 Å². The second kappa shape index (κ2) is 5.15. The van der Waals surface area contributed by atoms with Gasteiger partial charge in [-0.05, 0) is 18.9 Å². The molecule has 2 fully saturated rings. The van der Waals surface area contributed by atoms with Crippen LogP contribution in [0.1, 0.15) is 19.3 Å². The molecule has 0 aromatic heterocycles. The highest BCUT2D eigenvalue weighted by molar-refractivity contribution is 6.76. The van der Waals surface area contributed by atoms with Gasteiger partial charge >= 0.3 is 12.1 Å². The summed E-state index contributed by atoms with van der Waals surface area (Å²) >= 11 is 0. The van der Waals surface area contributed by atoms with E-state index in [2.05, 4.69) is 19.6 Å². The van der Waals surface area contributed by atoms with Gasteiger partial charge in [-0.1, -0.05) is 19.6 Å². The van der Waals surface area contributed by atoms with Crippen molar-refractivity contribution < 1.29 is 19.1 Å². The SMILES string of the molecule is COC(=O)[C@@H]1CCC2CC(C[Si](C)(C)C)OC(=O)N21. The highest BCUT2D eigenvalue weighted by Crippen LogP contribution is 2.35. The number of hydrogen-bond acceptors (Lipinski definition) is 4. The van der Waals surface area contributed by atoms with E-state index in [0.29, 0.717) is 6.42 Å². The lowest BCUT2D eigenvalue weighted by Crippen LogP contribution is -2.52. The van der Waals surface area contributed by atoms with Crippen LogP contribution in [0.5, 0.6) is 0 Å². The third kappa shape index (κ3) is 3.10. The molecule has 2 saturated heterocycles. The van der Waals surface area contributed by atoms with Crippen LogP contribution in [0.4, 0.5) is 4.79 Å². The van der Waals surface area contributed by atoms with Gasteiger partial charge in [0.25, 0.3) is 0 Å². The zero-order valence-electron chi connectivity index (χ0n) is 12.1. The maximum Gasteiger partial charge on any atom is 0.411 e. The minimum absolute atomic E-state index is 0.0248. The molecule has 0 bridgehead atoms. The van der Waals surface area contributed by atoms with Gasteiger partial charge in [-0.25, -0.2) is 9.59 Å². The maximum atomic E-state index is 12.1. The van der Waals surface area contributed by atoms with Crippen LogP contribution in [0.2, 0.25) is 25.7 Å². The number of carbonyl (C=O) groups excluding carboxylic acids is 2. The number of nitrogens with zero attached hydrogens (tertiary/aromatic N) is 1. The van der Waals surface area contributed by atoms with Gasteiger partial charge in [0.1, 0.15) is 12.1 Å². The molecule has 0 aliphatic carbocycles. The molecule has 108 valence electrons. The van der Waals surface area contributed by atoms with Crippen molar-refractivity contribution in [3.63, 3.8) is 0 Å². The Morgan fingerprint density at radius 1 is 1.42 bits per heavy atom. The molecule has 2 aliphatic rings. The maximum absolute atomic E-state index is 12.1. The van der Waals surface area contributed by atoms with Gasteiger partial charge < -0.3 is 9.47 Å². The van der Waals surface area contributed by atoms with Gasteiger partial charge in [0.15, 0.2) is 0 Å². The van der Waals surface area contributed by atoms with E-state index in [1.807, 2.05) is 0 Å². The summed E-state index contributed by atoms with van der Waals surface area (Å²) in [6, 6.07) is 0.688. The average molecular weight is 285 g/mol. The van der Waals surface area contributed by atoms with E-state index in [9.17, 15) is 9.59 Å². The smallest absolute Gasteiger partial charge is 0.411 e. The Kier molecular flexibility index (Phi) is 3.89. The summed E-state index contributed by atoms with van der Waals surface area (Å²) < 4.78 is 10.3. The van der Waals surface area contributed by atoms with Gasteiger partial charge in [-0.3, -0.25) is 4.90 Å². The van der Waals surface area contributed by atoms with Crippen LogP contribution in [0.25, 0.3) is 0 Å². The van der Waals surface area contributed by atoms with E-state index >= 15 is 0 Å². The number of methoxy groups -OCH3 is 1. The van der Waals surface area contributed by atoms with Crippen LogP contribution in [-0.4, -0.2) is 50.3 Å². The van der Waals surface area contributed by atoms with Crippen molar-refractivity contribution in [2.24, 2.45) is 0 Å². The van der Waals surface area contributed by atoms with Crippen LogP contribution in [-0.2, 0) is 14.3 Å². The van der Waals surface area contributed by atoms with E-state index < -0.39 is 14.1 Å². The molecule has 0 spiro atoms. The molecule has 2 heterocycles. The number of esters is 1. The second-order valence-electron chi connectivity index (χ2n) is 6.68. The zero-order valence-corrected chi connectivity index (χ0v) is 13.1. The molecule has 1 amide bonds. The largest absolute Gasteiger partial charge is 0.467 e. The lowest BCUT2D eigenvalue weighted by molar-refractivity contribution is -0.146. The van der Waals surface area contributed by atoms with Crippen molar-refractivity contribution in [2.75, 3.05) is 7.11 Å². The van der Waals surface area contributed by atoms with Crippen LogP contribution in [0.15, 0.2) is 0 Å².